The molecule has 0 amide bonds. The van der Waals surface area contributed by atoms with Crippen molar-refractivity contribution in [3.8, 4) is 0 Å². The summed E-state index contributed by atoms with van der Waals surface area (Å²) < 4.78 is 0. The fourth-order valence-electron chi connectivity index (χ4n) is 2.65. The summed E-state index contributed by atoms with van der Waals surface area (Å²) in [7, 11) is 2.15. The molecular weight excluding hydrogens is 232 g/mol. The number of benzene rings is 1. The number of nitrogens with two attached hydrogens (primary N) is 1. The normalized spacial score (nSPS) is 18.1. The highest BCUT2D eigenvalue weighted by Crippen LogP contribution is 2.40. The molecule has 2 rings (SSSR count). The zero-order valence-electron chi connectivity index (χ0n) is 10.5. The Morgan fingerprint density at radius 2 is 2.06 bits per heavy atom. The Bertz CT molecular complexity index is 369. The molecule has 17 heavy (non-hydrogen) atoms. The molecule has 0 heterocycles. The van der Waals surface area contributed by atoms with E-state index in [0.717, 1.165) is 24.7 Å². The molecule has 0 saturated heterocycles. The van der Waals surface area contributed by atoms with Crippen LogP contribution in [0.4, 0.5) is 0 Å². The first-order valence-electron chi connectivity index (χ1n) is 6.27. The van der Waals surface area contributed by atoms with Crippen LogP contribution in [0.1, 0.15) is 24.8 Å². The third kappa shape index (κ3) is 3.01. The number of nitrogens with zero attached hydrogens (tertiary/aromatic N) is 1. The maximum absolute atomic E-state index is 6.17. The van der Waals surface area contributed by atoms with Crippen molar-refractivity contribution in [1.82, 2.24) is 4.90 Å². The topological polar surface area (TPSA) is 29.3 Å². The SMILES string of the molecule is CN(Cc1ccccc1Cl)CC1(CN)CCC1. The largest absolute Gasteiger partial charge is 0.330 e. The number of halogens is 1. The molecular formula is C14H21ClN2. The molecule has 0 aromatic heterocycles. The van der Waals surface area contributed by atoms with Gasteiger partial charge in [-0.15, -0.1) is 0 Å². The average molecular weight is 253 g/mol. The van der Waals surface area contributed by atoms with Gasteiger partial charge in [-0.25, -0.2) is 0 Å². The monoisotopic (exact) mass is 252 g/mol. The van der Waals surface area contributed by atoms with Gasteiger partial charge in [0.15, 0.2) is 0 Å². The molecule has 0 unspecified atom stereocenters. The molecule has 0 radical (unpaired) electrons. The Hall–Kier alpha value is -0.570. The van der Waals surface area contributed by atoms with Gasteiger partial charge in [0.05, 0.1) is 0 Å². The van der Waals surface area contributed by atoms with Crippen molar-refractivity contribution in [1.29, 1.82) is 0 Å². The first-order chi connectivity index (χ1) is 8.15. The van der Waals surface area contributed by atoms with Gasteiger partial charge in [0, 0.05) is 18.1 Å². The molecule has 1 fully saturated rings. The van der Waals surface area contributed by atoms with E-state index in [0.29, 0.717) is 5.41 Å². The van der Waals surface area contributed by atoms with Gasteiger partial charge in [0.2, 0.25) is 0 Å². The van der Waals surface area contributed by atoms with E-state index in [9.17, 15) is 0 Å². The lowest BCUT2D eigenvalue weighted by Gasteiger charge is -2.43. The van der Waals surface area contributed by atoms with E-state index < -0.39 is 0 Å². The Labute approximate surface area is 109 Å². The Morgan fingerprint density at radius 1 is 1.35 bits per heavy atom. The van der Waals surface area contributed by atoms with Crippen molar-refractivity contribution < 1.29 is 0 Å². The summed E-state index contributed by atoms with van der Waals surface area (Å²) in [6.45, 7) is 2.79. The van der Waals surface area contributed by atoms with Crippen LogP contribution in [-0.4, -0.2) is 25.0 Å². The molecule has 0 bridgehead atoms. The van der Waals surface area contributed by atoms with Crippen molar-refractivity contribution in [2.24, 2.45) is 11.1 Å². The van der Waals surface area contributed by atoms with Gasteiger partial charge >= 0.3 is 0 Å². The lowest BCUT2D eigenvalue weighted by atomic mass is 9.68. The molecule has 0 atom stereocenters. The molecule has 1 aromatic carbocycles. The lowest BCUT2D eigenvalue weighted by molar-refractivity contribution is 0.0845. The Balaban J connectivity index is 1.93. The molecule has 2 N–H and O–H groups in total. The summed E-state index contributed by atoms with van der Waals surface area (Å²) in [5.74, 6) is 0. The van der Waals surface area contributed by atoms with E-state index in [2.05, 4.69) is 18.0 Å². The zero-order chi connectivity index (χ0) is 12.3. The summed E-state index contributed by atoms with van der Waals surface area (Å²) >= 11 is 6.17. The van der Waals surface area contributed by atoms with Gasteiger partial charge in [0.1, 0.15) is 0 Å². The molecule has 2 nitrogen and oxygen atoms in total. The summed E-state index contributed by atoms with van der Waals surface area (Å²) in [4.78, 5) is 2.34. The van der Waals surface area contributed by atoms with Crippen LogP contribution in [0.2, 0.25) is 5.02 Å². The minimum absolute atomic E-state index is 0.371. The van der Waals surface area contributed by atoms with E-state index >= 15 is 0 Å². The zero-order valence-corrected chi connectivity index (χ0v) is 11.2. The van der Waals surface area contributed by atoms with Crippen LogP contribution in [0.3, 0.4) is 0 Å². The summed E-state index contributed by atoms with van der Waals surface area (Å²) in [5.41, 5.74) is 7.46. The van der Waals surface area contributed by atoms with E-state index in [4.69, 9.17) is 17.3 Å². The molecule has 1 aliphatic carbocycles. The predicted molar refractivity (Wildman–Crippen MR) is 73.1 cm³/mol. The highest BCUT2D eigenvalue weighted by molar-refractivity contribution is 6.31. The summed E-state index contributed by atoms with van der Waals surface area (Å²) in [5, 5.41) is 0.856. The lowest BCUT2D eigenvalue weighted by Crippen LogP contribution is -2.45. The minimum atomic E-state index is 0.371. The molecule has 1 aromatic rings. The number of hydrogen-bond donors (Lipinski definition) is 1. The van der Waals surface area contributed by atoms with E-state index in [1.807, 2.05) is 18.2 Å². The van der Waals surface area contributed by atoms with Crippen LogP contribution in [0, 0.1) is 5.41 Å². The number of rotatable bonds is 5. The standard InChI is InChI=1S/C14H21ClN2/c1-17(11-14(10-16)7-4-8-14)9-12-5-2-3-6-13(12)15/h2-3,5-6H,4,7-11,16H2,1H3. The quantitative estimate of drug-likeness (QED) is 0.873. The van der Waals surface area contributed by atoms with Gasteiger partial charge < -0.3 is 10.6 Å². The minimum Gasteiger partial charge on any atom is -0.330 e. The maximum Gasteiger partial charge on any atom is 0.0451 e. The van der Waals surface area contributed by atoms with Crippen LogP contribution >= 0.6 is 11.6 Å². The maximum atomic E-state index is 6.17. The second-order valence-corrected chi connectivity index (χ2v) is 5.73. The first-order valence-corrected chi connectivity index (χ1v) is 6.65. The third-order valence-corrected chi connectivity index (χ3v) is 4.22. The van der Waals surface area contributed by atoms with E-state index in [1.165, 1.54) is 24.8 Å². The van der Waals surface area contributed by atoms with Crippen LogP contribution < -0.4 is 5.73 Å². The van der Waals surface area contributed by atoms with E-state index in [-0.39, 0.29) is 0 Å². The molecule has 1 aliphatic rings. The number of hydrogen-bond acceptors (Lipinski definition) is 2. The van der Waals surface area contributed by atoms with Gasteiger partial charge in [-0.2, -0.15) is 0 Å². The highest BCUT2D eigenvalue weighted by Gasteiger charge is 2.36. The fraction of sp³-hybridized carbons (Fsp3) is 0.571. The van der Waals surface area contributed by atoms with Crippen LogP contribution in [-0.2, 0) is 6.54 Å². The van der Waals surface area contributed by atoms with Crippen molar-refractivity contribution in [2.75, 3.05) is 20.1 Å². The molecule has 3 heteroatoms. The van der Waals surface area contributed by atoms with Gasteiger partial charge in [-0.05, 0) is 43.5 Å². The van der Waals surface area contributed by atoms with Crippen LogP contribution in [0.25, 0.3) is 0 Å². The van der Waals surface area contributed by atoms with Gasteiger partial charge in [-0.3, -0.25) is 0 Å². The molecule has 94 valence electrons. The predicted octanol–water partition coefficient (Wildman–Crippen LogP) is 2.90. The second-order valence-electron chi connectivity index (χ2n) is 5.32. The van der Waals surface area contributed by atoms with Crippen LogP contribution in [0.5, 0.6) is 0 Å². The first kappa shape index (κ1) is 12.9. The van der Waals surface area contributed by atoms with Crippen molar-refractivity contribution in [2.45, 2.75) is 25.8 Å². The average Bonchev–Trinajstić information content (AvgIpc) is 2.27. The molecule has 0 spiro atoms. The van der Waals surface area contributed by atoms with Gasteiger partial charge in [-0.1, -0.05) is 36.2 Å². The van der Waals surface area contributed by atoms with Crippen molar-refractivity contribution in [3.63, 3.8) is 0 Å². The summed E-state index contributed by atoms with van der Waals surface area (Å²) in [6.07, 6.45) is 3.88. The third-order valence-electron chi connectivity index (χ3n) is 3.85. The van der Waals surface area contributed by atoms with Crippen molar-refractivity contribution in [3.05, 3.63) is 34.9 Å². The summed E-state index contributed by atoms with van der Waals surface area (Å²) in [6, 6.07) is 8.05. The fourth-order valence-corrected chi connectivity index (χ4v) is 2.84. The second kappa shape index (κ2) is 5.38. The van der Waals surface area contributed by atoms with Crippen LogP contribution in [0.15, 0.2) is 24.3 Å². The highest BCUT2D eigenvalue weighted by atomic mass is 35.5. The van der Waals surface area contributed by atoms with E-state index in [1.54, 1.807) is 0 Å². The smallest absolute Gasteiger partial charge is 0.0451 e. The molecule has 0 aliphatic heterocycles. The Morgan fingerprint density at radius 3 is 2.59 bits per heavy atom. The van der Waals surface area contributed by atoms with Crippen molar-refractivity contribution >= 4 is 11.6 Å². The Kier molecular flexibility index (Phi) is 4.08. The van der Waals surface area contributed by atoms with Gasteiger partial charge in [0.25, 0.3) is 0 Å². The molecule has 1 saturated carbocycles.